The van der Waals surface area contributed by atoms with Crippen LogP contribution in [0.15, 0.2) is 48.8 Å². The van der Waals surface area contributed by atoms with Crippen LogP contribution in [0.25, 0.3) is 0 Å². The van der Waals surface area contributed by atoms with Crippen molar-refractivity contribution in [1.29, 1.82) is 0 Å². The number of pyridine rings is 1. The van der Waals surface area contributed by atoms with Crippen molar-refractivity contribution in [2.45, 2.75) is 6.92 Å². The number of anilines is 1. The van der Waals surface area contributed by atoms with Crippen LogP contribution in [0.2, 0.25) is 0 Å². The van der Waals surface area contributed by atoms with Crippen LogP contribution in [0.5, 0.6) is 0 Å². The molecule has 2 aromatic rings. The van der Waals surface area contributed by atoms with E-state index >= 15 is 0 Å². The van der Waals surface area contributed by atoms with Crippen molar-refractivity contribution in [2.24, 2.45) is 0 Å². The number of hydrogen-bond acceptors (Lipinski definition) is 5. The number of hydrazine groups is 1. The van der Waals surface area contributed by atoms with Gasteiger partial charge in [0.05, 0.1) is 11.3 Å². The highest BCUT2D eigenvalue weighted by molar-refractivity contribution is 6.44. The molecule has 3 N–H and O–H groups in total. The molecule has 1 aromatic carbocycles. The molecule has 0 bridgehead atoms. The molecule has 0 spiro atoms. The normalized spacial score (nSPS) is 9.71. The third-order valence-corrected chi connectivity index (χ3v) is 2.92. The van der Waals surface area contributed by atoms with Crippen LogP contribution in [-0.2, 0) is 9.59 Å². The average molecular weight is 326 g/mol. The maximum Gasteiger partial charge on any atom is 0.310 e. The summed E-state index contributed by atoms with van der Waals surface area (Å²) >= 11 is 0. The highest BCUT2D eigenvalue weighted by Gasteiger charge is 2.20. The molecule has 0 aliphatic rings. The van der Waals surface area contributed by atoms with Crippen molar-refractivity contribution in [3.8, 4) is 0 Å². The van der Waals surface area contributed by atoms with Crippen molar-refractivity contribution in [3.63, 3.8) is 0 Å². The first-order valence-corrected chi connectivity index (χ1v) is 6.90. The first kappa shape index (κ1) is 16.8. The van der Waals surface area contributed by atoms with Crippen LogP contribution in [0.4, 0.5) is 5.69 Å². The van der Waals surface area contributed by atoms with Gasteiger partial charge in [0.2, 0.25) is 5.91 Å². The molecule has 0 saturated heterocycles. The molecule has 2 rings (SSSR count). The summed E-state index contributed by atoms with van der Waals surface area (Å²) in [5, 5.41) is 2.47. The minimum Gasteiger partial charge on any atom is -0.326 e. The van der Waals surface area contributed by atoms with Crippen molar-refractivity contribution in [3.05, 3.63) is 59.9 Å². The first-order valence-electron chi connectivity index (χ1n) is 6.90. The second kappa shape index (κ2) is 7.63. The van der Waals surface area contributed by atoms with Gasteiger partial charge in [-0.05, 0) is 24.3 Å². The lowest BCUT2D eigenvalue weighted by atomic mass is 10.1. The molecule has 8 nitrogen and oxygen atoms in total. The molecule has 0 aliphatic carbocycles. The molecule has 24 heavy (non-hydrogen) atoms. The van der Waals surface area contributed by atoms with E-state index in [1.165, 1.54) is 43.6 Å². The van der Waals surface area contributed by atoms with Gasteiger partial charge in [-0.2, -0.15) is 0 Å². The van der Waals surface area contributed by atoms with Crippen molar-refractivity contribution in [2.75, 3.05) is 5.32 Å². The van der Waals surface area contributed by atoms with E-state index in [1.54, 1.807) is 12.1 Å². The number of Topliss-reactive ketones (excluding diaryl/α,β-unsaturated/α-hetero) is 1. The molecule has 0 unspecified atom stereocenters. The van der Waals surface area contributed by atoms with E-state index in [-0.39, 0.29) is 22.7 Å². The Morgan fingerprint density at radius 1 is 0.917 bits per heavy atom. The number of carbonyl (C=O) groups is 4. The van der Waals surface area contributed by atoms with Gasteiger partial charge < -0.3 is 5.32 Å². The molecular weight excluding hydrogens is 312 g/mol. The molecule has 0 radical (unpaired) electrons. The highest BCUT2D eigenvalue weighted by atomic mass is 16.2. The Labute approximate surface area is 137 Å². The Morgan fingerprint density at radius 2 is 1.58 bits per heavy atom. The number of hydrogen-bond donors (Lipinski definition) is 3. The van der Waals surface area contributed by atoms with E-state index < -0.39 is 17.6 Å². The van der Waals surface area contributed by atoms with Gasteiger partial charge in [0.1, 0.15) is 0 Å². The molecule has 0 atom stereocenters. The second-order valence-electron chi connectivity index (χ2n) is 4.70. The van der Waals surface area contributed by atoms with Crippen LogP contribution in [0.1, 0.15) is 27.6 Å². The Bertz CT molecular complexity index is 790. The number of rotatable bonds is 4. The first-order chi connectivity index (χ1) is 11.5. The molecule has 0 aliphatic heterocycles. The summed E-state index contributed by atoms with van der Waals surface area (Å²) in [4.78, 5) is 50.8. The second-order valence-corrected chi connectivity index (χ2v) is 4.70. The quantitative estimate of drug-likeness (QED) is 0.434. The van der Waals surface area contributed by atoms with Gasteiger partial charge >= 0.3 is 5.91 Å². The zero-order valence-corrected chi connectivity index (χ0v) is 12.7. The van der Waals surface area contributed by atoms with E-state index in [4.69, 9.17) is 0 Å². The Kier molecular flexibility index (Phi) is 5.35. The van der Waals surface area contributed by atoms with Gasteiger partial charge in [-0.15, -0.1) is 0 Å². The van der Waals surface area contributed by atoms with Crippen LogP contribution in [-0.4, -0.2) is 28.5 Å². The summed E-state index contributed by atoms with van der Waals surface area (Å²) < 4.78 is 0. The lowest BCUT2D eigenvalue weighted by Crippen LogP contribution is -2.45. The molecule has 8 heteroatoms. The molecule has 0 fully saturated rings. The van der Waals surface area contributed by atoms with E-state index in [9.17, 15) is 19.2 Å². The van der Waals surface area contributed by atoms with Crippen LogP contribution in [0, 0.1) is 0 Å². The Hall–Kier alpha value is -3.55. The van der Waals surface area contributed by atoms with Crippen LogP contribution < -0.4 is 16.2 Å². The summed E-state index contributed by atoms with van der Waals surface area (Å²) in [6, 6.07) is 8.98. The molecule has 122 valence electrons. The standard InChI is InChI=1S/C16H14N4O4/c1-10(21)18-13-5-3-2-4-12(13)14(22)16(24)20-19-15(23)11-6-8-17-9-7-11/h2-9H,1H3,(H,18,21)(H,19,23)(H,20,24). The number of aromatic nitrogens is 1. The van der Waals surface area contributed by atoms with E-state index in [2.05, 4.69) is 15.7 Å². The number of benzene rings is 1. The van der Waals surface area contributed by atoms with E-state index in [0.717, 1.165) is 0 Å². The molecule has 1 heterocycles. The van der Waals surface area contributed by atoms with Gasteiger partial charge in [0, 0.05) is 24.9 Å². The number of nitrogens with one attached hydrogen (secondary N) is 3. The third kappa shape index (κ3) is 4.23. The highest BCUT2D eigenvalue weighted by Crippen LogP contribution is 2.15. The number of para-hydroxylation sites is 1. The SMILES string of the molecule is CC(=O)Nc1ccccc1C(=O)C(=O)NNC(=O)c1ccncc1. The fourth-order valence-electron chi connectivity index (χ4n) is 1.85. The molecule has 3 amide bonds. The van der Waals surface area contributed by atoms with E-state index in [0.29, 0.717) is 0 Å². The number of amides is 3. The zero-order chi connectivity index (χ0) is 17.5. The van der Waals surface area contributed by atoms with Gasteiger partial charge in [-0.3, -0.25) is 35.0 Å². The average Bonchev–Trinajstić information content (AvgIpc) is 2.59. The minimum absolute atomic E-state index is 0.0170. The predicted molar refractivity (Wildman–Crippen MR) is 84.9 cm³/mol. The topological polar surface area (TPSA) is 117 Å². The van der Waals surface area contributed by atoms with Crippen molar-refractivity contribution in [1.82, 2.24) is 15.8 Å². The number of ketones is 1. The summed E-state index contributed by atoms with van der Waals surface area (Å²) in [6.45, 7) is 1.29. The Balaban J connectivity index is 2.04. The Morgan fingerprint density at radius 3 is 2.25 bits per heavy atom. The maximum absolute atomic E-state index is 12.2. The predicted octanol–water partition coefficient (Wildman–Crippen LogP) is 0.684. The largest absolute Gasteiger partial charge is 0.326 e. The minimum atomic E-state index is -1.03. The monoisotopic (exact) mass is 326 g/mol. The van der Waals surface area contributed by atoms with Crippen LogP contribution >= 0.6 is 0 Å². The smallest absolute Gasteiger partial charge is 0.310 e. The third-order valence-electron chi connectivity index (χ3n) is 2.92. The van der Waals surface area contributed by atoms with Crippen LogP contribution in [0.3, 0.4) is 0 Å². The van der Waals surface area contributed by atoms with Gasteiger partial charge in [0.25, 0.3) is 11.7 Å². The van der Waals surface area contributed by atoms with Gasteiger partial charge in [-0.25, -0.2) is 0 Å². The number of nitrogens with zero attached hydrogens (tertiary/aromatic N) is 1. The van der Waals surface area contributed by atoms with Gasteiger partial charge in [0.15, 0.2) is 0 Å². The molecule has 0 saturated carbocycles. The lowest BCUT2D eigenvalue weighted by molar-refractivity contribution is -0.117. The summed E-state index contributed by atoms with van der Waals surface area (Å²) in [5.74, 6) is -2.89. The molecular formula is C16H14N4O4. The summed E-state index contributed by atoms with van der Waals surface area (Å²) in [5.41, 5.74) is 4.68. The van der Waals surface area contributed by atoms with Gasteiger partial charge in [-0.1, -0.05) is 12.1 Å². The molecule has 1 aromatic heterocycles. The maximum atomic E-state index is 12.2. The fourth-order valence-corrected chi connectivity index (χ4v) is 1.85. The van der Waals surface area contributed by atoms with Crippen molar-refractivity contribution >= 4 is 29.2 Å². The lowest BCUT2D eigenvalue weighted by Gasteiger charge is -2.10. The van der Waals surface area contributed by atoms with Crippen molar-refractivity contribution < 1.29 is 19.2 Å². The fraction of sp³-hybridized carbons (Fsp3) is 0.0625. The van der Waals surface area contributed by atoms with E-state index in [1.807, 2.05) is 5.43 Å². The summed E-state index contributed by atoms with van der Waals surface area (Å²) in [7, 11) is 0. The summed E-state index contributed by atoms with van der Waals surface area (Å²) in [6.07, 6.45) is 2.84. The number of carbonyl (C=O) groups excluding carboxylic acids is 4. The zero-order valence-electron chi connectivity index (χ0n) is 12.7.